The van der Waals surface area contributed by atoms with Gasteiger partial charge in [0.25, 0.3) is 0 Å². The van der Waals surface area contributed by atoms with E-state index >= 15 is 0 Å². The fraction of sp³-hybridized carbons (Fsp3) is 0.533. The standard InChI is InChI=1S/C15H22O3/c1-12(16)4-5-14-6-8-15(9-7-14)18-13(2)10-11-17-3/h6-9,13H,4-5,10-11H2,1-3H3. The van der Waals surface area contributed by atoms with Gasteiger partial charge < -0.3 is 14.3 Å². The number of benzene rings is 1. The molecule has 0 aliphatic heterocycles. The first-order valence-electron chi connectivity index (χ1n) is 6.35. The zero-order chi connectivity index (χ0) is 13.4. The largest absolute Gasteiger partial charge is 0.491 e. The van der Waals surface area contributed by atoms with Gasteiger partial charge in [-0.25, -0.2) is 0 Å². The van der Waals surface area contributed by atoms with Crippen LogP contribution in [0, 0.1) is 0 Å². The molecule has 0 radical (unpaired) electrons. The summed E-state index contributed by atoms with van der Waals surface area (Å²) in [6.45, 7) is 4.36. The number of carbonyl (C=O) groups is 1. The van der Waals surface area contributed by atoms with Gasteiger partial charge in [0.1, 0.15) is 11.5 Å². The highest BCUT2D eigenvalue weighted by atomic mass is 16.5. The summed E-state index contributed by atoms with van der Waals surface area (Å²) in [5.41, 5.74) is 1.17. The SMILES string of the molecule is COCCC(C)Oc1ccc(CCC(C)=O)cc1. The Labute approximate surface area is 109 Å². The molecule has 1 aromatic carbocycles. The van der Waals surface area contributed by atoms with E-state index in [2.05, 4.69) is 0 Å². The van der Waals surface area contributed by atoms with Gasteiger partial charge >= 0.3 is 0 Å². The molecule has 0 aromatic heterocycles. The number of carbonyl (C=O) groups excluding carboxylic acids is 1. The number of ether oxygens (including phenoxy) is 2. The van der Waals surface area contributed by atoms with Gasteiger partial charge in [0.2, 0.25) is 0 Å². The van der Waals surface area contributed by atoms with Crippen molar-refractivity contribution in [2.45, 2.75) is 39.2 Å². The van der Waals surface area contributed by atoms with Gasteiger partial charge in [-0.1, -0.05) is 12.1 Å². The summed E-state index contributed by atoms with van der Waals surface area (Å²) in [5, 5.41) is 0. The Morgan fingerprint density at radius 2 is 1.94 bits per heavy atom. The van der Waals surface area contributed by atoms with Crippen molar-refractivity contribution >= 4 is 5.78 Å². The molecule has 1 unspecified atom stereocenters. The van der Waals surface area contributed by atoms with Crippen molar-refractivity contribution in [1.82, 2.24) is 0 Å². The number of hydrogen-bond acceptors (Lipinski definition) is 3. The van der Waals surface area contributed by atoms with Gasteiger partial charge in [0.15, 0.2) is 0 Å². The molecule has 3 nitrogen and oxygen atoms in total. The summed E-state index contributed by atoms with van der Waals surface area (Å²) >= 11 is 0. The normalized spacial score (nSPS) is 12.2. The van der Waals surface area contributed by atoms with Crippen molar-refractivity contribution in [1.29, 1.82) is 0 Å². The average molecular weight is 250 g/mol. The van der Waals surface area contributed by atoms with Crippen LogP contribution in [0.25, 0.3) is 0 Å². The van der Waals surface area contributed by atoms with Crippen LogP contribution in [-0.4, -0.2) is 25.6 Å². The van der Waals surface area contributed by atoms with Gasteiger partial charge in [-0.3, -0.25) is 0 Å². The van der Waals surface area contributed by atoms with Gasteiger partial charge in [-0.15, -0.1) is 0 Å². The van der Waals surface area contributed by atoms with Crippen LogP contribution in [0.1, 0.15) is 32.3 Å². The molecule has 0 amide bonds. The molecule has 0 spiro atoms. The summed E-state index contributed by atoms with van der Waals surface area (Å²) in [5.74, 6) is 1.09. The molecule has 3 heteroatoms. The van der Waals surface area contributed by atoms with Crippen LogP contribution < -0.4 is 4.74 Å². The lowest BCUT2D eigenvalue weighted by molar-refractivity contribution is -0.116. The van der Waals surface area contributed by atoms with E-state index < -0.39 is 0 Å². The second-order valence-corrected chi connectivity index (χ2v) is 4.56. The van der Waals surface area contributed by atoms with Crippen molar-refractivity contribution < 1.29 is 14.3 Å². The summed E-state index contributed by atoms with van der Waals surface area (Å²) in [7, 11) is 1.69. The van der Waals surface area contributed by atoms with Crippen molar-refractivity contribution in [3.05, 3.63) is 29.8 Å². The summed E-state index contributed by atoms with van der Waals surface area (Å²) < 4.78 is 10.8. The van der Waals surface area contributed by atoms with Crippen LogP contribution in [-0.2, 0) is 16.0 Å². The number of aryl methyl sites for hydroxylation is 1. The maximum atomic E-state index is 10.9. The Balaban J connectivity index is 2.42. The van der Waals surface area contributed by atoms with E-state index in [-0.39, 0.29) is 11.9 Å². The van der Waals surface area contributed by atoms with Crippen LogP contribution >= 0.6 is 0 Å². The molecule has 1 atom stereocenters. The minimum Gasteiger partial charge on any atom is -0.491 e. The van der Waals surface area contributed by atoms with Crippen molar-refractivity contribution in [2.24, 2.45) is 0 Å². The van der Waals surface area contributed by atoms with E-state index in [0.717, 1.165) is 18.6 Å². The number of methoxy groups -OCH3 is 1. The molecule has 0 heterocycles. The lowest BCUT2D eigenvalue weighted by atomic mass is 10.1. The smallest absolute Gasteiger partial charge is 0.130 e. The van der Waals surface area contributed by atoms with Crippen LogP contribution in [0.15, 0.2) is 24.3 Å². The Bertz CT molecular complexity index is 357. The lowest BCUT2D eigenvalue weighted by Gasteiger charge is -2.14. The Kier molecular flexibility index (Phi) is 6.44. The number of Topliss-reactive ketones (excluding diaryl/α,β-unsaturated/α-hetero) is 1. The molecule has 0 saturated heterocycles. The minimum atomic E-state index is 0.146. The Morgan fingerprint density at radius 3 is 2.50 bits per heavy atom. The first kappa shape index (κ1) is 14.7. The molecule has 0 saturated carbocycles. The summed E-state index contributed by atoms with van der Waals surface area (Å²) in [4.78, 5) is 10.9. The maximum absolute atomic E-state index is 10.9. The van der Waals surface area contributed by atoms with Crippen molar-refractivity contribution in [3.63, 3.8) is 0 Å². The fourth-order valence-electron chi connectivity index (χ4n) is 1.63. The molecule has 0 bridgehead atoms. The first-order chi connectivity index (χ1) is 8.61. The number of ketones is 1. The molecular weight excluding hydrogens is 228 g/mol. The van der Waals surface area contributed by atoms with Crippen LogP contribution in [0.4, 0.5) is 0 Å². The van der Waals surface area contributed by atoms with Crippen LogP contribution in [0.5, 0.6) is 5.75 Å². The quantitative estimate of drug-likeness (QED) is 0.711. The fourth-order valence-corrected chi connectivity index (χ4v) is 1.63. The van der Waals surface area contributed by atoms with Crippen molar-refractivity contribution in [3.8, 4) is 5.75 Å². The van der Waals surface area contributed by atoms with Crippen LogP contribution in [0.2, 0.25) is 0 Å². The molecule has 0 fully saturated rings. The van der Waals surface area contributed by atoms with Gasteiger partial charge in [0, 0.05) is 26.6 Å². The average Bonchev–Trinajstić information content (AvgIpc) is 2.35. The third-order valence-corrected chi connectivity index (χ3v) is 2.75. The van der Waals surface area contributed by atoms with E-state index in [0.29, 0.717) is 13.0 Å². The van der Waals surface area contributed by atoms with E-state index in [1.54, 1.807) is 14.0 Å². The second kappa shape index (κ2) is 7.88. The van der Waals surface area contributed by atoms with Gasteiger partial charge in [0.05, 0.1) is 6.10 Å². The number of hydrogen-bond donors (Lipinski definition) is 0. The van der Waals surface area contributed by atoms with Gasteiger partial charge in [-0.2, -0.15) is 0 Å². The summed E-state index contributed by atoms with van der Waals surface area (Å²) in [6.07, 6.45) is 2.43. The zero-order valence-corrected chi connectivity index (χ0v) is 11.4. The molecule has 100 valence electrons. The van der Waals surface area contributed by atoms with E-state index in [1.165, 1.54) is 5.56 Å². The third-order valence-electron chi connectivity index (χ3n) is 2.75. The molecule has 0 N–H and O–H groups in total. The van der Waals surface area contributed by atoms with Crippen LogP contribution in [0.3, 0.4) is 0 Å². The molecule has 0 aliphatic carbocycles. The third kappa shape index (κ3) is 5.82. The monoisotopic (exact) mass is 250 g/mol. The topological polar surface area (TPSA) is 35.5 Å². The predicted octanol–water partition coefficient (Wildman–Crippen LogP) is 3.01. The van der Waals surface area contributed by atoms with Crippen molar-refractivity contribution in [2.75, 3.05) is 13.7 Å². The first-order valence-corrected chi connectivity index (χ1v) is 6.35. The summed E-state index contributed by atoms with van der Waals surface area (Å²) in [6, 6.07) is 7.94. The number of rotatable bonds is 8. The molecule has 18 heavy (non-hydrogen) atoms. The minimum absolute atomic E-state index is 0.146. The molecule has 1 rings (SSSR count). The Morgan fingerprint density at radius 1 is 1.28 bits per heavy atom. The molecular formula is C15H22O3. The lowest BCUT2D eigenvalue weighted by Crippen LogP contribution is -2.14. The van der Waals surface area contributed by atoms with Gasteiger partial charge in [-0.05, 0) is 38.0 Å². The maximum Gasteiger partial charge on any atom is 0.130 e. The predicted molar refractivity (Wildman–Crippen MR) is 72.0 cm³/mol. The highest BCUT2D eigenvalue weighted by Crippen LogP contribution is 2.16. The molecule has 0 aliphatic rings. The highest BCUT2D eigenvalue weighted by molar-refractivity contribution is 5.75. The van der Waals surface area contributed by atoms with E-state index in [4.69, 9.17) is 9.47 Å². The molecule has 1 aromatic rings. The highest BCUT2D eigenvalue weighted by Gasteiger charge is 2.04. The second-order valence-electron chi connectivity index (χ2n) is 4.56. The van der Waals surface area contributed by atoms with E-state index in [1.807, 2.05) is 31.2 Å². The van der Waals surface area contributed by atoms with E-state index in [9.17, 15) is 4.79 Å². The zero-order valence-electron chi connectivity index (χ0n) is 11.4. The Hall–Kier alpha value is -1.35.